The fourth-order valence-corrected chi connectivity index (χ4v) is 1.56. The van der Waals surface area contributed by atoms with E-state index in [0.29, 0.717) is 5.56 Å². The number of aryl methyl sites for hydroxylation is 1. The topological polar surface area (TPSA) is 30.0 Å². The third-order valence-electron chi connectivity index (χ3n) is 2.20. The summed E-state index contributed by atoms with van der Waals surface area (Å²) < 4.78 is 0. The van der Waals surface area contributed by atoms with Crippen LogP contribution in [0.15, 0.2) is 42.6 Å². The van der Waals surface area contributed by atoms with Gasteiger partial charge in [-0.3, -0.25) is 9.78 Å². The maximum atomic E-state index is 10.7. The summed E-state index contributed by atoms with van der Waals surface area (Å²) in [5.41, 5.74) is 3.64. The number of aldehydes is 1. The Kier molecular flexibility index (Phi) is 2.59. The molecular formula is C13H11NO. The van der Waals surface area contributed by atoms with Gasteiger partial charge < -0.3 is 0 Å². The van der Waals surface area contributed by atoms with Crippen LogP contribution in [0, 0.1) is 6.92 Å². The lowest BCUT2D eigenvalue weighted by molar-refractivity contribution is 0.112. The van der Waals surface area contributed by atoms with E-state index in [9.17, 15) is 4.79 Å². The molecule has 0 atom stereocenters. The van der Waals surface area contributed by atoms with Gasteiger partial charge in [0.15, 0.2) is 0 Å². The van der Waals surface area contributed by atoms with E-state index in [1.165, 1.54) is 0 Å². The third kappa shape index (κ3) is 2.10. The molecule has 1 aromatic carbocycles. The number of carbonyl (C=O) groups excluding carboxylic acids is 1. The standard InChI is InChI=1S/C13H11NO/c1-10-6-11(9-15)8-12(7-10)13-4-2-3-5-14-13/h2-9H,1H3. The largest absolute Gasteiger partial charge is 0.298 e. The fourth-order valence-electron chi connectivity index (χ4n) is 1.56. The van der Waals surface area contributed by atoms with Crippen LogP contribution < -0.4 is 0 Å². The molecule has 1 heterocycles. The van der Waals surface area contributed by atoms with E-state index in [1.54, 1.807) is 6.20 Å². The molecule has 0 radical (unpaired) electrons. The molecule has 0 fully saturated rings. The van der Waals surface area contributed by atoms with Gasteiger partial charge in [-0.15, -0.1) is 0 Å². The molecule has 15 heavy (non-hydrogen) atoms. The maximum absolute atomic E-state index is 10.7. The van der Waals surface area contributed by atoms with Crippen molar-refractivity contribution in [3.63, 3.8) is 0 Å². The van der Waals surface area contributed by atoms with Gasteiger partial charge in [0.2, 0.25) is 0 Å². The van der Waals surface area contributed by atoms with Crippen LogP contribution in [0.2, 0.25) is 0 Å². The van der Waals surface area contributed by atoms with Crippen molar-refractivity contribution >= 4 is 6.29 Å². The third-order valence-corrected chi connectivity index (χ3v) is 2.20. The normalized spacial score (nSPS) is 9.93. The first-order valence-corrected chi connectivity index (χ1v) is 4.78. The van der Waals surface area contributed by atoms with Gasteiger partial charge in [0, 0.05) is 17.3 Å². The van der Waals surface area contributed by atoms with Gasteiger partial charge in [-0.05, 0) is 42.8 Å². The quantitative estimate of drug-likeness (QED) is 0.693. The highest BCUT2D eigenvalue weighted by Gasteiger charge is 2.01. The predicted molar refractivity (Wildman–Crippen MR) is 59.8 cm³/mol. The first-order chi connectivity index (χ1) is 7.29. The molecule has 0 N–H and O–H groups in total. The summed E-state index contributed by atoms with van der Waals surface area (Å²) in [7, 11) is 0. The summed E-state index contributed by atoms with van der Waals surface area (Å²) in [5.74, 6) is 0. The van der Waals surface area contributed by atoms with Crippen molar-refractivity contribution in [2.45, 2.75) is 6.92 Å². The lowest BCUT2D eigenvalue weighted by Crippen LogP contribution is -1.87. The highest BCUT2D eigenvalue weighted by atomic mass is 16.1. The van der Waals surface area contributed by atoms with Gasteiger partial charge in [-0.2, -0.15) is 0 Å². The number of hydrogen-bond acceptors (Lipinski definition) is 2. The van der Waals surface area contributed by atoms with Crippen molar-refractivity contribution in [3.05, 3.63) is 53.7 Å². The first-order valence-electron chi connectivity index (χ1n) is 4.78. The van der Waals surface area contributed by atoms with Crippen LogP contribution in [0.3, 0.4) is 0 Å². The zero-order chi connectivity index (χ0) is 10.7. The Morgan fingerprint density at radius 1 is 1.20 bits per heavy atom. The number of rotatable bonds is 2. The minimum absolute atomic E-state index is 0.690. The molecule has 2 nitrogen and oxygen atoms in total. The van der Waals surface area contributed by atoms with Gasteiger partial charge in [0.1, 0.15) is 6.29 Å². The van der Waals surface area contributed by atoms with Crippen molar-refractivity contribution in [1.82, 2.24) is 4.98 Å². The van der Waals surface area contributed by atoms with Gasteiger partial charge in [-0.25, -0.2) is 0 Å². The zero-order valence-corrected chi connectivity index (χ0v) is 8.47. The molecule has 0 bridgehead atoms. The SMILES string of the molecule is Cc1cc(C=O)cc(-c2ccccn2)c1. The number of nitrogens with zero attached hydrogens (tertiary/aromatic N) is 1. The maximum Gasteiger partial charge on any atom is 0.150 e. The van der Waals surface area contributed by atoms with Crippen molar-refractivity contribution < 1.29 is 4.79 Å². The van der Waals surface area contributed by atoms with Crippen LogP contribution in [0.25, 0.3) is 11.3 Å². The van der Waals surface area contributed by atoms with Crippen LogP contribution in [0.4, 0.5) is 0 Å². The highest BCUT2D eigenvalue weighted by Crippen LogP contribution is 2.19. The summed E-state index contributed by atoms with van der Waals surface area (Å²) in [6.45, 7) is 1.97. The van der Waals surface area contributed by atoms with Crippen LogP contribution in [-0.2, 0) is 0 Å². The molecule has 0 saturated heterocycles. The second-order valence-corrected chi connectivity index (χ2v) is 3.47. The van der Waals surface area contributed by atoms with Crippen molar-refractivity contribution in [2.24, 2.45) is 0 Å². The summed E-state index contributed by atoms with van der Waals surface area (Å²) in [6.07, 6.45) is 2.61. The van der Waals surface area contributed by atoms with E-state index in [0.717, 1.165) is 23.1 Å². The monoisotopic (exact) mass is 197 g/mol. The second kappa shape index (κ2) is 4.05. The molecule has 0 amide bonds. The summed E-state index contributed by atoms with van der Waals surface area (Å²) >= 11 is 0. The summed E-state index contributed by atoms with van der Waals surface area (Å²) in [5, 5.41) is 0. The minimum Gasteiger partial charge on any atom is -0.298 e. The van der Waals surface area contributed by atoms with Crippen LogP contribution in [-0.4, -0.2) is 11.3 Å². The van der Waals surface area contributed by atoms with Crippen LogP contribution in [0.1, 0.15) is 15.9 Å². The van der Waals surface area contributed by atoms with Crippen LogP contribution >= 0.6 is 0 Å². The Labute approximate surface area is 88.6 Å². The number of carbonyl (C=O) groups is 1. The Balaban J connectivity index is 2.53. The molecule has 1 aromatic heterocycles. The van der Waals surface area contributed by atoms with Gasteiger partial charge >= 0.3 is 0 Å². The minimum atomic E-state index is 0.690. The zero-order valence-electron chi connectivity index (χ0n) is 8.47. The lowest BCUT2D eigenvalue weighted by atomic mass is 10.0. The molecule has 0 aliphatic heterocycles. The van der Waals surface area contributed by atoms with Crippen LogP contribution in [0.5, 0.6) is 0 Å². The van der Waals surface area contributed by atoms with Crippen molar-refractivity contribution in [3.8, 4) is 11.3 Å². The number of aromatic nitrogens is 1. The molecule has 2 aromatic rings. The molecule has 74 valence electrons. The molecule has 0 aliphatic carbocycles. The molecule has 0 aliphatic rings. The van der Waals surface area contributed by atoms with E-state index in [2.05, 4.69) is 4.98 Å². The number of benzene rings is 1. The average Bonchev–Trinajstić information content (AvgIpc) is 2.29. The molecule has 0 saturated carbocycles. The van der Waals surface area contributed by atoms with E-state index in [1.807, 2.05) is 43.3 Å². The van der Waals surface area contributed by atoms with E-state index in [4.69, 9.17) is 0 Å². The Hall–Kier alpha value is -1.96. The Morgan fingerprint density at radius 2 is 2.07 bits per heavy atom. The van der Waals surface area contributed by atoms with Gasteiger partial charge in [-0.1, -0.05) is 6.07 Å². The molecule has 2 heteroatoms. The van der Waals surface area contributed by atoms with Gasteiger partial charge in [0.05, 0.1) is 5.69 Å². The van der Waals surface area contributed by atoms with E-state index in [-0.39, 0.29) is 0 Å². The fraction of sp³-hybridized carbons (Fsp3) is 0.0769. The van der Waals surface area contributed by atoms with E-state index >= 15 is 0 Å². The van der Waals surface area contributed by atoms with E-state index < -0.39 is 0 Å². The van der Waals surface area contributed by atoms with Crippen molar-refractivity contribution in [2.75, 3.05) is 0 Å². The lowest BCUT2D eigenvalue weighted by Gasteiger charge is -2.03. The Bertz CT molecular complexity index is 477. The first kappa shape index (κ1) is 9.59. The highest BCUT2D eigenvalue weighted by molar-refractivity contribution is 5.78. The number of hydrogen-bond donors (Lipinski definition) is 0. The smallest absolute Gasteiger partial charge is 0.150 e. The number of pyridine rings is 1. The Morgan fingerprint density at radius 3 is 2.73 bits per heavy atom. The van der Waals surface area contributed by atoms with Gasteiger partial charge in [0.25, 0.3) is 0 Å². The second-order valence-electron chi connectivity index (χ2n) is 3.47. The summed E-state index contributed by atoms with van der Waals surface area (Å²) in [4.78, 5) is 15.0. The molecule has 0 unspecified atom stereocenters. The molecular weight excluding hydrogens is 186 g/mol. The molecule has 0 spiro atoms. The average molecular weight is 197 g/mol. The van der Waals surface area contributed by atoms with Crippen molar-refractivity contribution in [1.29, 1.82) is 0 Å². The predicted octanol–water partition coefficient (Wildman–Crippen LogP) is 2.87. The molecule has 2 rings (SSSR count). The summed E-state index contributed by atoms with van der Waals surface area (Å²) in [6, 6.07) is 11.5.